The van der Waals surface area contributed by atoms with E-state index in [9.17, 15) is 4.79 Å². The van der Waals surface area contributed by atoms with Crippen molar-refractivity contribution in [1.29, 1.82) is 0 Å². The summed E-state index contributed by atoms with van der Waals surface area (Å²) in [5, 5.41) is 5.34. The Morgan fingerprint density at radius 3 is 2.55 bits per heavy atom. The molecule has 6 heteroatoms. The third-order valence-corrected chi connectivity index (χ3v) is 4.10. The number of rotatable bonds is 4. The number of nitrogens with zero attached hydrogens (tertiary/aromatic N) is 2. The maximum Gasteiger partial charge on any atom is 0.432 e. The molecule has 0 bridgehead atoms. The normalized spacial score (nSPS) is 24.8. The molecule has 0 N–H and O–H groups in total. The van der Waals surface area contributed by atoms with Crippen LogP contribution in [0.1, 0.15) is 26.3 Å². The third-order valence-electron chi connectivity index (χ3n) is 3.49. The second-order valence-electron chi connectivity index (χ2n) is 5.00. The van der Waals surface area contributed by atoms with Gasteiger partial charge in [0.1, 0.15) is 0 Å². The first kappa shape index (κ1) is 16.8. The molecule has 0 radical (unpaired) electrons. The van der Waals surface area contributed by atoms with Crippen molar-refractivity contribution in [2.45, 2.75) is 32.4 Å². The summed E-state index contributed by atoms with van der Waals surface area (Å²) in [5.41, 5.74) is 1.54. The molecule has 120 valence electrons. The van der Waals surface area contributed by atoms with Gasteiger partial charge in [-0.3, -0.25) is 0 Å². The molecule has 3 atom stereocenters. The highest BCUT2D eigenvalue weighted by molar-refractivity contribution is 6.35. The van der Waals surface area contributed by atoms with Gasteiger partial charge in [-0.25, -0.2) is 4.79 Å². The topological polar surface area (TPSA) is 51.1 Å². The fourth-order valence-electron chi connectivity index (χ4n) is 2.40. The second kappa shape index (κ2) is 7.61. The van der Waals surface area contributed by atoms with Gasteiger partial charge in [0.2, 0.25) is 0 Å². The van der Waals surface area contributed by atoms with Gasteiger partial charge in [-0.1, -0.05) is 37.3 Å². The number of hydrogen-bond acceptors (Lipinski definition) is 4. The molecule has 1 aliphatic heterocycles. The summed E-state index contributed by atoms with van der Waals surface area (Å²) >= 11 is 6.56. The number of amides is 1. The lowest BCUT2D eigenvalue weighted by atomic mass is 9.95. The van der Waals surface area contributed by atoms with Gasteiger partial charge in [-0.2, -0.15) is 10.1 Å². The van der Waals surface area contributed by atoms with Crippen molar-refractivity contribution in [2.24, 2.45) is 11.0 Å². The fraction of sp³-hybridized carbons (Fsp3) is 0.500. The van der Waals surface area contributed by atoms with E-state index in [0.717, 1.165) is 5.56 Å². The van der Waals surface area contributed by atoms with Crippen LogP contribution in [0.2, 0.25) is 0 Å². The van der Waals surface area contributed by atoms with Crippen LogP contribution < -0.4 is 0 Å². The molecular weight excluding hydrogens is 304 g/mol. The minimum atomic E-state index is -0.529. The molecular formula is C16H21ClN2O3. The Balaban J connectivity index is 2.40. The predicted molar refractivity (Wildman–Crippen MR) is 86.1 cm³/mol. The monoisotopic (exact) mass is 324 g/mol. The van der Waals surface area contributed by atoms with Crippen LogP contribution in [0.25, 0.3) is 0 Å². The summed E-state index contributed by atoms with van der Waals surface area (Å²) in [6.45, 7) is 6.32. The quantitative estimate of drug-likeness (QED) is 0.797. The van der Waals surface area contributed by atoms with Crippen molar-refractivity contribution < 1.29 is 14.3 Å². The molecule has 1 amide bonds. The van der Waals surface area contributed by atoms with Crippen LogP contribution in [0.15, 0.2) is 35.4 Å². The number of carbonyl (C=O) groups is 1. The highest BCUT2D eigenvalue weighted by atomic mass is 35.5. The third kappa shape index (κ3) is 3.42. The van der Waals surface area contributed by atoms with Crippen LogP contribution in [0.5, 0.6) is 0 Å². The molecule has 0 saturated heterocycles. The van der Waals surface area contributed by atoms with E-state index in [0.29, 0.717) is 12.3 Å². The summed E-state index contributed by atoms with van der Waals surface area (Å²) in [4.78, 5) is 12.2. The molecule has 1 aromatic rings. The molecule has 0 unspecified atom stereocenters. The Morgan fingerprint density at radius 2 is 1.95 bits per heavy atom. The zero-order chi connectivity index (χ0) is 16.1. The average molecular weight is 325 g/mol. The van der Waals surface area contributed by atoms with Crippen molar-refractivity contribution in [3.05, 3.63) is 35.9 Å². The van der Waals surface area contributed by atoms with E-state index in [-0.39, 0.29) is 17.9 Å². The number of alkyl halides is 1. The Labute approximate surface area is 135 Å². The zero-order valence-electron chi connectivity index (χ0n) is 13.0. The number of carbonyl (C=O) groups excluding carboxylic acids is 1. The molecule has 0 spiro atoms. The Morgan fingerprint density at radius 1 is 1.27 bits per heavy atom. The van der Waals surface area contributed by atoms with Gasteiger partial charge >= 0.3 is 6.09 Å². The first-order chi connectivity index (χ1) is 10.6. The van der Waals surface area contributed by atoms with Crippen LogP contribution in [-0.4, -0.2) is 41.6 Å². The van der Waals surface area contributed by atoms with Gasteiger partial charge in [0.15, 0.2) is 6.23 Å². The number of halogens is 1. The van der Waals surface area contributed by atoms with E-state index in [1.54, 1.807) is 6.92 Å². The van der Waals surface area contributed by atoms with Crippen LogP contribution in [-0.2, 0) is 9.47 Å². The Hall–Kier alpha value is -1.59. The number of hydrogen-bond donors (Lipinski definition) is 0. The molecule has 0 aromatic heterocycles. The molecule has 0 saturated carbocycles. The largest absolute Gasteiger partial charge is 0.448 e. The summed E-state index contributed by atoms with van der Waals surface area (Å²) < 4.78 is 10.7. The van der Waals surface area contributed by atoms with Crippen molar-refractivity contribution >= 4 is 23.4 Å². The van der Waals surface area contributed by atoms with Crippen LogP contribution in [0.3, 0.4) is 0 Å². The van der Waals surface area contributed by atoms with Crippen molar-refractivity contribution in [2.75, 3.05) is 13.2 Å². The van der Waals surface area contributed by atoms with E-state index in [1.165, 1.54) is 5.01 Å². The highest BCUT2D eigenvalue weighted by Crippen LogP contribution is 2.30. The van der Waals surface area contributed by atoms with E-state index in [2.05, 4.69) is 5.10 Å². The first-order valence-corrected chi connectivity index (χ1v) is 7.89. The Kier molecular flexibility index (Phi) is 5.80. The van der Waals surface area contributed by atoms with E-state index in [4.69, 9.17) is 21.1 Å². The number of hydrazone groups is 1. The number of benzene rings is 1. The molecule has 1 aliphatic rings. The summed E-state index contributed by atoms with van der Waals surface area (Å²) in [5.74, 6) is -0.112. The molecule has 0 fully saturated rings. The Bertz CT molecular complexity index is 535. The fourth-order valence-corrected chi connectivity index (χ4v) is 2.69. The second-order valence-corrected chi connectivity index (χ2v) is 5.47. The van der Waals surface area contributed by atoms with Crippen LogP contribution in [0, 0.1) is 5.92 Å². The molecule has 0 aliphatic carbocycles. The van der Waals surface area contributed by atoms with Crippen molar-refractivity contribution in [3.63, 3.8) is 0 Å². The summed E-state index contributed by atoms with van der Waals surface area (Å²) in [6.07, 6.45) is -1.05. The molecule has 22 heavy (non-hydrogen) atoms. The van der Waals surface area contributed by atoms with Crippen molar-refractivity contribution in [3.8, 4) is 0 Å². The lowest BCUT2D eigenvalue weighted by Gasteiger charge is -2.38. The molecule has 5 nitrogen and oxygen atoms in total. The first-order valence-electron chi connectivity index (χ1n) is 7.45. The van der Waals surface area contributed by atoms with Gasteiger partial charge < -0.3 is 9.47 Å². The van der Waals surface area contributed by atoms with Gasteiger partial charge in [-0.15, -0.1) is 11.6 Å². The maximum absolute atomic E-state index is 12.2. The van der Waals surface area contributed by atoms with E-state index in [1.807, 2.05) is 44.2 Å². The maximum atomic E-state index is 12.2. The van der Waals surface area contributed by atoms with Gasteiger partial charge in [0.25, 0.3) is 0 Å². The van der Waals surface area contributed by atoms with Crippen LogP contribution in [0.4, 0.5) is 4.79 Å². The zero-order valence-corrected chi connectivity index (χ0v) is 13.8. The van der Waals surface area contributed by atoms with E-state index >= 15 is 0 Å². The smallest absolute Gasteiger partial charge is 0.432 e. The lowest BCUT2D eigenvalue weighted by Crippen LogP contribution is -2.51. The van der Waals surface area contributed by atoms with Crippen LogP contribution >= 0.6 is 11.6 Å². The number of ether oxygens (including phenoxy) is 2. The highest BCUT2D eigenvalue weighted by Gasteiger charge is 2.41. The van der Waals surface area contributed by atoms with Crippen molar-refractivity contribution in [1.82, 2.24) is 5.01 Å². The molecule has 1 aromatic carbocycles. The van der Waals surface area contributed by atoms with Gasteiger partial charge in [-0.05, 0) is 19.4 Å². The minimum Gasteiger partial charge on any atom is -0.448 e. The standard InChI is InChI=1S/C16H21ClN2O3/c1-4-21-15-11(3)13(17)14(12-9-7-6-8-10-12)18-19(15)16(20)22-5-2/h6-11,13,15H,4-5H2,1-3H3/t11-,13-,15+/m1/s1. The van der Waals surface area contributed by atoms with Gasteiger partial charge in [0, 0.05) is 12.5 Å². The predicted octanol–water partition coefficient (Wildman–Crippen LogP) is 3.47. The molecule has 1 heterocycles. The average Bonchev–Trinajstić information content (AvgIpc) is 2.53. The minimum absolute atomic E-state index is 0.112. The molecule has 2 rings (SSSR count). The summed E-state index contributed by atoms with van der Waals surface area (Å²) in [6, 6.07) is 9.59. The SMILES string of the molecule is CCOC(=O)N1N=C(c2ccccc2)[C@H](Cl)[C@@H](C)[C@@H]1OCC. The van der Waals surface area contributed by atoms with E-state index < -0.39 is 12.3 Å². The summed E-state index contributed by atoms with van der Waals surface area (Å²) in [7, 11) is 0. The van der Waals surface area contributed by atoms with Gasteiger partial charge in [0.05, 0.1) is 17.7 Å². The lowest BCUT2D eigenvalue weighted by molar-refractivity contribution is -0.0800.